The molecule has 276 valence electrons. The number of aromatic nitrogens is 1. The van der Waals surface area contributed by atoms with E-state index in [1.165, 1.54) is 56.5 Å². The van der Waals surface area contributed by atoms with E-state index in [0.717, 1.165) is 53.9 Å². The molecule has 1 saturated carbocycles. The number of Topliss-reactive ketones (excluding diaryl/α,β-unsaturated/α-hetero) is 1. The van der Waals surface area contributed by atoms with Gasteiger partial charge in [0, 0.05) is 47.3 Å². The predicted octanol–water partition coefficient (Wildman–Crippen LogP) is 8.33. The van der Waals surface area contributed by atoms with Crippen LogP contribution in [0.5, 0.6) is 11.5 Å². The summed E-state index contributed by atoms with van der Waals surface area (Å²) in [6, 6.07) is 10.3. The van der Waals surface area contributed by atoms with E-state index in [-0.39, 0.29) is 28.6 Å². The first-order valence-electron chi connectivity index (χ1n) is 18.9. The molecule has 9 heteroatoms. The Morgan fingerprint density at radius 1 is 1.08 bits per heavy atom. The molecule has 2 aromatic carbocycles. The van der Waals surface area contributed by atoms with Gasteiger partial charge in [-0.1, -0.05) is 52.5 Å². The average Bonchev–Trinajstić information content (AvgIpc) is 3.49. The fraction of sp³-hybridized carbons (Fsp3) is 0.634. The van der Waals surface area contributed by atoms with E-state index in [0.29, 0.717) is 36.7 Å². The van der Waals surface area contributed by atoms with Crippen LogP contribution in [0.25, 0.3) is 10.9 Å². The van der Waals surface area contributed by atoms with Crippen molar-refractivity contribution >= 4 is 26.7 Å². The van der Waals surface area contributed by atoms with Gasteiger partial charge in [-0.2, -0.15) is 0 Å². The normalized spacial score (nSPS) is 21.2. The maximum Gasteiger partial charge on any atom is 0.211 e. The molecular weight excluding hydrogens is 647 g/mol. The summed E-state index contributed by atoms with van der Waals surface area (Å²) >= 11 is 0. The lowest BCUT2D eigenvalue weighted by Crippen LogP contribution is -2.47. The number of aromatic hydroxyl groups is 1. The fourth-order valence-corrected chi connectivity index (χ4v) is 9.16. The zero-order valence-corrected chi connectivity index (χ0v) is 32.3. The number of H-pyrrole nitrogens is 1. The second-order valence-corrected chi connectivity index (χ2v) is 18.3. The van der Waals surface area contributed by atoms with Gasteiger partial charge in [0.15, 0.2) is 0 Å². The minimum atomic E-state index is -3.16. The van der Waals surface area contributed by atoms with Gasteiger partial charge in [-0.3, -0.25) is 4.79 Å². The van der Waals surface area contributed by atoms with E-state index < -0.39 is 10.0 Å². The minimum Gasteiger partial charge on any atom is -0.508 e. The largest absolute Gasteiger partial charge is 0.508 e. The van der Waals surface area contributed by atoms with E-state index in [4.69, 9.17) is 4.74 Å². The number of fused-ring (bicyclic) bond motifs is 4. The third kappa shape index (κ3) is 8.94. The van der Waals surface area contributed by atoms with Crippen LogP contribution in [-0.4, -0.2) is 67.7 Å². The SMILES string of the molecule is CCCCCCC(C)(C)c1cc(O)c2c(c1)OC(C)(C)[C@@H]1CCC(=O)C[C@@H]21.CNS(=O)(=O)CCc1ccc2[nH]cc(C3CCN(C)CC3)c2c1. The third-order valence-electron chi connectivity index (χ3n) is 11.8. The Hall–Kier alpha value is -2.88. The molecule has 8 nitrogen and oxygen atoms in total. The summed E-state index contributed by atoms with van der Waals surface area (Å²) in [5.74, 6) is 2.48. The van der Waals surface area contributed by atoms with Crippen molar-refractivity contribution in [3.63, 3.8) is 0 Å². The van der Waals surface area contributed by atoms with Crippen molar-refractivity contribution in [2.45, 2.75) is 128 Å². The summed E-state index contributed by atoms with van der Waals surface area (Å²) in [7, 11) is 0.476. The van der Waals surface area contributed by atoms with Crippen molar-refractivity contribution in [2.24, 2.45) is 5.92 Å². The lowest BCUT2D eigenvalue weighted by atomic mass is 9.66. The van der Waals surface area contributed by atoms with Crippen LogP contribution in [0.3, 0.4) is 0 Å². The van der Waals surface area contributed by atoms with E-state index in [1.54, 1.807) is 0 Å². The van der Waals surface area contributed by atoms with Gasteiger partial charge in [0.25, 0.3) is 0 Å². The average molecular weight is 708 g/mol. The molecule has 0 amide bonds. The molecule has 3 aliphatic rings. The van der Waals surface area contributed by atoms with E-state index in [2.05, 4.69) is 80.7 Å². The molecule has 0 bridgehead atoms. The zero-order valence-electron chi connectivity index (χ0n) is 31.5. The summed E-state index contributed by atoms with van der Waals surface area (Å²) in [5.41, 5.74) is 5.27. The zero-order chi connectivity index (χ0) is 36.3. The first kappa shape index (κ1) is 38.4. The van der Waals surface area contributed by atoms with Crippen LogP contribution in [0.2, 0.25) is 0 Å². The molecule has 2 aliphatic heterocycles. The molecule has 1 aromatic heterocycles. The van der Waals surface area contributed by atoms with Gasteiger partial charge in [-0.15, -0.1) is 0 Å². The Morgan fingerprint density at radius 2 is 1.82 bits per heavy atom. The highest BCUT2D eigenvalue weighted by atomic mass is 32.2. The number of aromatic amines is 1. The van der Waals surface area contributed by atoms with E-state index in [9.17, 15) is 18.3 Å². The number of nitrogens with zero attached hydrogens (tertiary/aromatic N) is 1. The Bertz CT molecular complexity index is 1740. The molecule has 50 heavy (non-hydrogen) atoms. The number of hydrogen-bond acceptors (Lipinski definition) is 6. The van der Waals surface area contributed by atoms with Crippen molar-refractivity contribution in [1.82, 2.24) is 14.6 Å². The first-order chi connectivity index (χ1) is 23.6. The van der Waals surface area contributed by atoms with Gasteiger partial charge in [0.1, 0.15) is 22.9 Å². The van der Waals surface area contributed by atoms with Crippen LogP contribution < -0.4 is 9.46 Å². The second kappa shape index (κ2) is 15.8. The van der Waals surface area contributed by atoms with Gasteiger partial charge in [-0.05, 0) is 125 Å². The van der Waals surface area contributed by atoms with Crippen molar-refractivity contribution in [3.05, 3.63) is 58.8 Å². The molecule has 2 fully saturated rings. The van der Waals surface area contributed by atoms with Gasteiger partial charge >= 0.3 is 0 Å². The summed E-state index contributed by atoms with van der Waals surface area (Å²) < 4.78 is 32.0. The number of carbonyl (C=O) groups excluding carboxylic acids is 1. The number of nitrogens with one attached hydrogen (secondary N) is 2. The number of likely N-dealkylation sites (tertiary alicyclic amines) is 1. The number of phenolic OH excluding ortho intramolecular Hbond substituents is 1. The highest BCUT2D eigenvalue weighted by Crippen LogP contribution is 2.54. The highest BCUT2D eigenvalue weighted by molar-refractivity contribution is 7.89. The number of phenols is 1. The second-order valence-electron chi connectivity index (χ2n) is 16.3. The quantitative estimate of drug-likeness (QED) is 0.173. The number of unbranched alkanes of at least 4 members (excludes halogenated alkanes) is 3. The molecule has 3 heterocycles. The number of piperidine rings is 1. The Morgan fingerprint density at radius 3 is 2.52 bits per heavy atom. The molecular formula is C41H61N3O5S. The van der Waals surface area contributed by atoms with Crippen LogP contribution in [0, 0.1) is 5.92 Å². The number of ether oxygens (including phenoxy) is 1. The molecule has 1 saturated heterocycles. The number of benzene rings is 2. The summed E-state index contributed by atoms with van der Waals surface area (Å²) in [6.07, 6.45) is 13.1. The van der Waals surface area contributed by atoms with Crippen molar-refractivity contribution < 1.29 is 23.1 Å². The summed E-state index contributed by atoms with van der Waals surface area (Å²) in [5, 5.41) is 12.2. The minimum absolute atomic E-state index is 0.00696. The Labute approximate surface area is 300 Å². The Balaban J connectivity index is 0.000000197. The smallest absolute Gasteiger partial charge is 0.211 e. The molecule has 0 unspecified atom stereocenters. The van der Waals surface area contributed by atoms with Gasteiger partial charge in [0.2, 0.25) is 10.0 Å². The summed E-state index contributed by atoms with van der Waals surface area (Å²) in [4.78, 5) is 17.9. The molecule has 1 aliphatic carbocycles. The van der Waals surface area contributed by atoms with E-state index >= 15 is 0 Å². The lowest BCUT2D eigenvalue weighted by Gasteiger charge is -2.47. The number of aryl methyl sites for hydroxylation is 1. The predicted molar refractivity (Wildman–Crippen MR) is 204 cm³/mol. The third-order valence-corrected chi connectivity index (χ3v) is 13.1. The van der Waals surface area contributed by atoms with Crippen LogP contribution >= 0.6 is 0 Å². The molecule has 2 atom stereocenters. The lowest BCUT2D eigenvalue weighted by molar-refractivity contribution is -0.124. The van der Waals surface area contributed by atoms with Gasteiger partial charge in [0.05, 0.1) is 5.75 Å². The Kier molecular flexibility index (Phi) is 12.1. The van der Waals surface area contributed by atoms with Gasteiger partial charge in [-0.25, -0.2) is 13.1 Å². The monoisotopic (exact) mass is 707 g/mol. The number of rotatable bonds is 11. The first-order valence-corrected chi connectivity index (χ1v) is 20.6. The van der Waals surface area contributed by atoms with Crippen molar-refractivity contribution in [2.75, 3.05) is 32.9 Å². The van der Waals surface area contributed by atoms with E-state index in [1.807, 2.05) is 12.1 Å². The topological polar surface area (TPSA) is 112 Å². The molecule has 3 N–H and O–H groups in total. The van der Waals surface area contributed by atoms with Gasteiger partial charge < -0.3 is 19.7 Å². The highest BCUT2D eigenvalue weighted by Gasteiger charge is 2.47. The molecule has 6 rings (SSSR count). The molecule has 3 aromatic rings. The van der Waals surface area contributed by atoms with Crippen LogP contribution in [0.15, 0.2) is 36.5 Å². The summed E-state index contributed by atoms with van der Waals surface area (Å²) in [6.45, 7) is 13.3. The number of hydrogen-bond donors (Lipinski definition) is 3. The van der Waals surface area contributed by atoms with Crippen LogP contribution in [0.1, 0.15) is 133 Å². The number of sulfonamides is 1. The van der Waals surface area contributed by atoms with Crippen LogP contribution in [0.4, 0.5) is 0 Å². The maximum atomic E-state index is 12.1. The maximum absolute atomic E-state index is 12.1. The standard InChI is InChI=1S/C24H36O3.C17H25N3O2S/c1-6-7-8-9-12-23(2,3)16-13-20(26)22-18-15-17(25)10-11-19(18)24(4,5)27-21(22)14-16;1-18-23(21,22)10-7-13-3-4-17-15(11-13)16(12-19-17)14-5-8-20(2)9-6-14/h13-14,18-19,26H,6-12,15H2,1-5H3;3-4,11-12,14,18-19H,5-10H2,1-2H3/t18-,19-;/m1./s1. The van der Waals surface area contributed by atoms with Crippen LogP contribution in [-0.2, 0) is 26.7 Å². The fourth-order valence-electron chi connectivity index (χ4n) is 8.46. The van der Waals surface area contributed by atoms with Crippen molar-refractivity contribution in [1.29, 1.82) is 0 Å². The molecule has 0 spiro atoms. The molecule has 0 radical (unpaired) electrons. The van der Waals surface area contributed by atoms with Crippen molar-refractivity contribution in [3.8, 4) is 11.5 Å². The number of carbonyl (C=O) groups is 1. The number of ketones is 1.